The quantitative estimate of drug-likeness (QED) is 0.402. The number of nitrogens with two attached hydrogens (primary N) is 1. The van der Waals surface area contributed by atoms with E-state index in [-0.39, 0.29) is 12.5 Å². The van der Waals surface area contributed by atoms with Gasteiger partial charge in [0.15, 0.2) is 5.13 Å². The Labute approximate surface area is 141 Å². The van der Waals surface area contributed by atoms with Gasteiger partial charge in [0.1, 0.15) is 0 Å². The van der Waals surface area contributed by atoms with E-state index in [1.807, 2.05) is 17.5 Å². The van der Waals surface area contributed by atoms with E-state index in [4.69, 9.17) is 10.9 Å². The second-order valence-electron chi connectivity index (χ2n) is 4.92. The van der Waals surface area contributed by atoms with E-state index in [2.05, 4.69) is 10.3 Å². The van der Waals surface area contributed by atoms with Crippen molar-refractivity contribution in [2.75, 3.05) is 11.9 Å². The van der Waals surface area contributed by atoms with Gasteiger partial charge in [-0.1, -0.05) is 0 Å². The van der Waals surface area contributed by atoms with Crippen molar-refractivity contribution in [1.29, 1.82) is 0 Å². The van der Waals surface area contributed by atoms with Crippen LogP contribution in [0.2, 0.25) is 0 Å². The number of hydrazine groups is 1. The van der Waals surface area contributed by atoms with Crippen LogP contribution in [0.25, 0.3) is 0 Å². The highest BCUT2D eigenvalue weighted by Gasteiger charge is 2.08. The van der Waals surface area contributed by atoms with Crippen LogP contribution in [0.1, 0.15) is 22.4 Å². The number of hydrogen-bond acceptors (Lipinski definition) is 6. The van der Waals surface area contributed by atoms with Crippen molar-refractivity contribution >= 4 is 39.8 Å². The molecule has 4 N–H and O–H groups in total. The average molecular weight is 354 g/mol. The molecule has 0 radical (unpaired) electrons. The van der Waals surface area contributed by atoms with Gasteiger partial charge in [0.05, 0.1) is 5.69 Å². The van der Waals surface area contributed by atoms with Crippen LogP contribution in [0.15, 0.2) is 17.5 Å². The van der Waals surface area contributed by atoms with Gasteiger partial charge in [0, 0.05) is 35.0 Å². The normalized spacial score (nSPS) is 10.5. The summed E-state index contributed by atoms with van der Waals surface area (Å²) < 4.78 is 0. The lowest BCUT2D eigenvalue weighted by atomic mass is 10.2. The summed E-state index contributed by atoms with van der Waals surface area (Å²) in [6, 6.07) is 4.04. The zero-order valence-electron chi connectivity index (χ0n) is 12.6. The van der Waals surface area contributed by atoms with Gasteiger partial charge >= 0.3 is 6.09 Å². The number of thiophene rings is 1. The predicted molar refractivity (Wildman–Crippen MR) is 90.8 cm³/mol. The first-order valence-electron chi connectivity index (χ1n) is 6.99. The van der Waals surface area contributed by atoms with Crippen LogP contribution in [0.4, 0.5) is 9.93 Å². The molecule has 0 fully saturated rings. The third-order valence-corrected chi connectivity index (χ3v) is 5.04. The molecule has 0 bridgehead atoms. The Hall–Kier alpha value is -1.97. The van der Waals surface area contributed by atoms with Crippen molar-refractivity contribution in [3.05, 3.63) is 33.0 Å². The number of carbonyl (C=O) groups is 2. The van der Waals surface area contributed by atoms with Crippen molar-refractivity contribution in [2.24, 2.45) is 5.84 Å². The highest BCUT2D eigenvalue weighted by molar-refractivity contribution is 7.14. The number of amides is 2. The van der Waals surface area contributed by atoms with E-state index in [9.17, 15) is 9.59 Å². The number of carboxylic acid groups (broad SMARTS) is 1. The van der Waals surface area contributed by atoms with Gasteiger partial charge in [-0.25, -0.2) is 20.6 Å². The molecule has 9 heteroatoms. The van der Waals surface area contributed by atoms with Crippen LogP contribution >= 0.6 is 22.7 Å². The number of thiazole rings is 1. The Morgan fingerprint density at radius 2 is 2.00 bits per heavy atom. The third-order valence-electron chi connectivity index (χ3n) is 3.02. The summed E-state index contributed by atoms with van der Waals surface area (Å²) in [5, 5.41) is 14.7. The van der Waals surface area contributed by atoms with E-state index in [0.717, 1.165) is 28.4 Å². The molecule has 2 aromatic rings. The molecule has 0 aromatic carbocycles. The Morgan fingerprint density at radius 1 is 1.30 bits per heavy atom. The highest BCUT2D eigenvalue weighted by atomic mass is 32.1. The second-order valence-corrected chi connectivity index (χ2v) is 7.03. The smallest absolute Gasteiger partial charge is 0.421 e. The first-order valence-corrected chi connectivity index (χ1v) is 8.68. The van der Waals surface area contributed by atoms with Crippen LogP contribution in [-0.2, 0) is 24.1 Å². The molecule has 124 valence electrons. The SMILES string of the molecule is CC(=O)Nc1nc(CCc2ccc(CCN(N)C(=O)O)s2)cs1. The molecule has 0 aliphatic rings. The van der Waals surface area contributed by atoms with Crippen molar-refractivity contribution in [3.8, 4) is 0 Å². The Bertz CT molecular complexity index is 683. The molecule has 2 aromatic heterocycles. The zero-order chi connectivity index (χ0) is 16.8. The summed E-state index contributed by atoms with van der Waals surface area (Å²) in [7, 11) is 0. The topological polar surface area (TPSA) is 109 Å². The van der Waals surface area contributed by atoms with Crippen molar-refractivity contribution in [3.63, 3.8) is 0 Å². The lowest BCUT2D eigenvalue weighted by Gasteiger charge is -2.10. The predicted octanol–water partition coefficient (Wildman–Crippen LogP) is 2.34. The van der Waals surface area contributed by atoms with Crippen LogP contribution in [0, 0.1) is 0 Å². The Kier molecular flexibility index (Phi) is 6.08. The molecular formula is C14H18N4O3S2. The molecule has 7 nitrogen and oxygen atoms in total. The molecule has 0 aliphatic carbocycles. The summed E-state index contributed by atoms with van der Waals surface area (Å²) in [6.07, 6.45) is 1.14. The van der Waals surface area contributed by atoms with Gasteiger partial charge in [-0.2, -0.15) is 0 Å². The van der Waals surface area contributed by atoms with Gasteiger partial charge in [-0.3, -0.25) is 4.79 Å². The van der Waals surface area contributed by atoms with Crippen LogP contribution in [-0.4, -0.2) is 33.6 Å². The molecule has 0 unspecified atom stereocenters. The minimum absolute atomic E-state index is 0.121. The fourth-order valence-electron chi connectivity index (χ4n) is 1.90. The van der Waals surface area contributed by atoms with Gasteiger partial charge < -0.3 is 10.4 Å². The number of rotatable bonds is 7. The Balaban J connectivity index is 1.81. The number of aryl methyl sites for hydroxylation is 2. The number of anilines is 1. The van der Waals surface area contributed by atoms with Crippen molar-refractivity contribution < 1.29 is 14.7 Å². The van der Waals surface area contributed by atoms with E-state index in [1.54, 1.807) is 11.3 Å². The lowest BCUT2D eigenvalue weighted by molar-refractivity contribution is -0.114. The Morgan fingerprint density at radius 3 is 2.65 bits per heavy atom. The number of nitrogens with one attached hydrogen (secondary N) is 1. The summed E-state index contributed by atoms with van der Waals surface area (Å²) in [5.41, 5.74) is 0.952. The molecule has 0 atom stereocenters. The zero-order valence-corrected chi connectivity index (χ0v) is 14.2. The van der Waals surface area contributed by atoms with Gasteiger partial charge in [-0.15, -0.1) is 22.7 Å². The van der Waals surface area contributed by atoms with Crippen LogP contribution < -0.4 is 11.2 Å². The van der Waals surface area contributed by atoms with E-state index in [1.165, 1.54) is 23.1 Å². The summed E-state index contributed by atoms with van der Waals surface area (Å²) in [6.45, 7) is 1.74. The average Bonchev–Trinajstić information content (AvgIpc) is 3.11. The van der Waals surface area contributed by atoms with Gasteiger partial charge in [0.25, 0.3) is 0 Å². The second kappa shape index (κ2) is 8.04. The summed E-state index contributed by atoms with van der Waals surface area (Å²) >= 11 is 3.07. The maximum absolute atomic E-state index is 11.0. The first kappa shape index (κ1) is 17.4. The molecule has 23 heavy (non-hydrogen) atoms. The summed E-state index contributed by atoms with van der Waals surface area (Å²) in [4.78, 5) is 28.3. The maximum atomic E-state index is 11.0. The maximum Gasteiger partial charge on any atom is 0.421 e. The number of hydrogen-bond donors (Lipinski definition) is 3. The standard InChI is InChI=1S/C14H18N4O3S2/c1-9(19)16-13-17-10(8-22-13)2-3-11-4-5-12(23-11)6-7-18(15)14(20)21/h4-5,8H,2-3,6-7,15H2,1H3,(H,20,21)(H,16,17,19). The third kappa shape index (κ3) is 5.62. The first-order chi connectivity index (χ1) is 10.9. The van der Waals surface area contributed by atoms with E-state index in [0.29, 0.717) is 11.6 Å². The fourth-order valence-corrected chi connectivity index (χ4v) is 3.70. The number of aromatic nitrogens is 1. The van der Waals surface area contributed by atoms with Gasteiger partial charge in [-0.05, 0) is 25.0 Å². The van der Waals surface area contributed by atoms with Gasteiger partial charge in [0.2, 0.25) is 5.91 Å². The molecule has 0 saturated heterocycles. The molecule has 0 saturated carbocycles. The van der Waals surface area contributed by atoms with Crippen molar-refractivity contribution in [1.82, 2.24) is 9.99 Å². The minimum atomic E-state index is -1.12. The minimum Gasteiger partial charge on any atom is -0.464 e. The molecule has 2 amide bonds. The highest BCUT2D eigenvalue weighted by Crippen LogP contribution is 2.21. The molecule has 2 heterocycles. The number of carbonyl (C=O) groups excluding carboxylic acids is 1. The van der Waals surface area contributed by atoms with E-state index < -0.39 is 6.09 Å². The molecule has 0 aliphatic heterocycles. The monoisotopic (exact) mass is 354 g/mol. The van der Waals surface area contributed by atoms with Crippen molar-refractivity contribution in [2.45, 2.75) is 26.2 Å². The largest absolute Gasteiger partial charge is 0.464 e. The van der Waals surface area contributed by atoms with Crippen LogP contribution in [0.3, 0.4) is 0 Å². The van der Waals surface area contributed by atoms with Crippen LogP contribution in [0.5, 0.6) is 0 Å². The summed E-state index contributed by atoms with van der Waals surface area (Å²) in [5.74, 6) is 5.22. The van der Waals surface area contributed by atoms with E-state index >= 15 is 0 Å². The molecular weight excluding hydrogens is 336 g/mol. The fraction of sp³-hybridized carbons (Fsp3) is 0.357. The lowest BCUT2D eigenvalue weighted by Crippen LogP contribution is -2.37. The molecule has 2 rings (SSSR count). The number of nitrogens with zero attached hydrogens (tertiary/aromatic N) is 2. The molecule has 0 spiro atoms.